The van der Waals surface area contributed by atoms with Crippen molar-refractivity contribution < 1.29 is 28.5 Å². The Balaban J connectivity index is 1.70. The lowest BCUT2D eigenvalue weighted by molar-refractivity contribution is -0.123. The van der Waals surface area contributed by atoms with Crippen LogP contribution in [-0.4, -0.2) is 38.3 Å². The number of methoxy groups -OCH3 is 1. The number of benzene rings is 2. The first-order valence-corrected chi connectivity index (χ1v) is 9.02. The molecule has 0 spiro atoms. The van der Waals surface area contributed by atoms with Gasteiger partial charge in [-0.3, -0.25) is 4.79 Å². The van der Waals surface area contributed by atoms with Gasteiger partial charge in [-0.2, -0.15) is 0 Å². The van der Waals surface area contributed by atoms with E-state index in [-0.39, 0.29) is 10.6 Å². The van der Waals surface area contributed by atoms with Gasteiger partial charge in [0, 0.05) is 0 Å². The third kappa shape index (κ3) is 4.31. The van der Waals surface area contributed by atoms with Gasteiger partial charge in [0.1, 0.15) is 19.0 Å². The normalized spacial score (nSPS) is 13.4. The molecule has 0 aliphatic carbocycles. The van der Waals surface area contributed by atoms with Gasteiger partial charge in [0.2, 0.25) is 0 Å². The molecule has 0 saturated carbocycles. The summed E-state index contributed by atoms with van der Waals surface area (Å²) in [5, 5.41) is 2.95. The van der Waals surface area contributed by atoms with Crippen molar-refractivity contribution in [3.05, 3.63) is 46.5 Å². The number of nitrogens with one attached hydrogen (secondary N) is 1. The molecule has 0 radical (unpaired) electrons. The zero-order valence-electron chi connectivity index (χ0n) is 15.7. The second-order valence-corrected chi connectivity index (χ2v) is 6.63. The van der Waals surface area contributed by atoms with Crippen LogP contribution in [0.1, 0.15) is 22.8 Å². The van der Waals surface area contributed by atoms with Gasteiger partial charge in [0.25, 0.3) is 5.91 Å². The molecule has 0 bridgehead atoms. The number of fused-ring (bicyclic) bond motifs is 1. The van der Waals surface area contributed by atoms with Crippen LogP contribution < -0.4 is 19.5 Å². The van der Waals surface area contributed by atoms with E-state index >= 15 is 0 Å². The van der Waals surface area contributed by atoms with Gasteiger partial charge in [-0.05, 0) is 43.7 Å². The molecule has 148 valence electrons. The Hall–Kier alpha value is -2.93. The van der Waals surface area contributed by atoms with Crippen LogP contribution in [0, 0.1) is 6.92 Å². The highest BCUT2D eigenvalue weighted by Crippen LogP contribution is 2.38. The van der Waals surface area contributed by atoms with Crippen molar-refractivity contribution in [3.63, 3.8) is 0 Å². The van der Waals surface area contributed by atoms with E-state index in [1.165, 1.54) is 26.2 Å². The summed E-state index contributed by atoms with van der Waals surface area (Å²) in [6, 6.07) is 8.29. The number of carbonyl (C=O) groups is 2. The molecule has 1 heterocycles. The molecule has 1 aliphatic rings. The molecule has 1 atom stereocenters. The molecule has 0 saturated heterocycles. The molecule has 0 fully saturated rings. The second kappa shape index (κ2) is 8.39. The predicted molar refractivity (Wildman–Crippen MR) is 104 cm³/mol. The summed E-state index contributed by atoms with van der Waals surface area (Å²) in [5.41, 5.74) is 1.62. The molecule has 7 nitrogen and oxygen atoms in total. The van der Waals surface area contributed by atoms with Crippen LogP contribution in [0.3, 0.4) is 0 Å². The van der Waals surface area contributed by atoms with Gasteiger partial charge >= 0.3 is 5.97 Å². The van der Waals surface area contributed by atoms with Crippen LogP contribution in [0.15, 0.2) is 30.3 Å². The Morgan fingerprint density at radius 2 is 1.93 bits per heavy atom. The Kier molecular flexibility index (Phi) is 5.94. The minimum atomic E-state index is -1.04. The fourth-order valence-corrected chi connectivity index (χ4v) is 2.93. The highest BCUT2D eigenvalue weighted by Gasteiger charge is 2.24. The Morgan fingerprint density at radius 3 is 2.68 bits per heavy atom. The van der Waals surface area contributed by atoms with Crippen molar-refractivity contribution in [3.8, 4) is 17.2 Å². The lowest BCUT2D eigenvalue weighted by Gasteiger charge is -2.20. The van der Waals surface area contributed by atoms with E-state index in [0.717, 1.165) is 5.56 Å². The number of anilines is 1. The van der Waals surface area contributed by atoms with Crippen LogP contribution >= 0.6 is 11.6 Å². The van der Waals surface area contributed by atoms with Gasteiger partial charge in [-0.15, -0.1) is 0 Å². The van der Waals surface area contributed by atoms with Crippen LogP contribution in [0.4, 0.5) is 5.69 Å². The van der Waals surface area contributed by atoms with Gasteiger partial charge in [-0.25, -0.2) is 4.79 Å². The molecule has 2 aromatic rings. The minimum Gasteiger partial charge on any atom is -0.495 e. The van der Waals surface area contributed by atoms with E-state index in [9.17, 15) is 9.59 Å². The largest absolute Gasteiger partial charge is 0.495 e. The first kappa shape index (κ1) is 19.8. The third-order valence-corrected chi connectivity index (χ3v) is 4.38. The number of halogens is 1. The fraction of sp³-hybridized carbons (Fsp3) is 0.300. The van der Waals surface area contributed by atoms with Crippen molar-refractivity contribution in [2.75, 3.05) is 25.6 Å². The molecule has 1 N–H and O–H groups in total. The van der Waals surface area contributed by atoms with Crippen LogP contribution in [0.2, 0.25) is 5.02 Å². The summed E-state index contributed by atoms with van der Waals surface area (Å²) in [6.07, 6.45) is -1.04. The zero-order valence-corrected chi connectivity index (χ0v) is 16.5. The highest BCUT2D eigenvalue weighted by molar-refractivity contribution is 6.32. The van der Waals surface area contributed by atoms with E-state index in [4.69, 9.17) is 30.5 Å². The first-order valence-electron chi connectivity index (χ1n) is 8.64. The lowest BCUT2D eigenvalue weighted by atomic mass is 10.2. The molecule has 1 amide bonds. The van der Waals surface area contributed by atoms with Crippen LogP contribution in [-0.2, 0) is 9.53 Å². The first-order chi connectivity index (χ1) is 13.4. The van der Waals surface area contributed by atoms with E-state index in [2.05, 4.69) is 5.32 Å². The summed E-state index contributed by atoms with van der Waals surface area (Å²) in [6.45, 7) is 4.12. The number of esters is 1. The summed E-state index contributed by atoms with van der Waals surface area (Å²) >= 11 is 6.14. The fourth-order valence-electron chi connectivity index (χ4n) is 2.66. The number of rotatable bonds is 5. The maximum Gasteiger partial charge on any atom is 0.339 e. The molecule has 0 unspecified atom stereocenters. The van der Waals surface area contributed by atoms with Crippen molar-refractivity contribution in [1.82, 2.24) is 0 Å². The van der Waals surface area contributed by atoms with Crippen molar-refractivity contribution in [2.24, 2.45) is 0 Å². The average molecular weight is 406 g/mol. The third-order valence-electron chi connectivity index (χ3n) is 4.10. The van der Waals surface area contributed by atoms with Crippen molar-refractivity contribution >= 4 is 29.2 Å². The maximum atomic E-state index is 12.4. The van der Waals surface area contributed by atoms with Crippen LogP contribution in [0.5, 0.6) is 17.2 Å². The topological polar surface area (TPSA) is 83.1 Å². The molecule has 1 aliphatic heterocycles. The molecule has 28 heavy (non-hydrogen) atoms. The Bertz CT molecular complexity index is 914. The highest BCUT2D eigenvalue weighted by atomic mass is 35.5. The molecule has 8 heteroatoms. The van der Waals surface area contributed by atoms with Gasteiger partial charge < -0.3 is 24.3 Å². The molecule has 3 rings (SSSR count). The zero-order chi connectivity index (χ0) is 20.3. The van der Waals surface area contributed by atoms with E-state index in [1.807, 2.05) is 13.0 Å². The predicted octanol–water partition coefficient (Wildman–Crippen LogP) is 3.61. The summed E-state index contributed by atoms with van der Waals surface area (Å²) in [4.78, 5) is 24.9. The van der Waals surface area contributed by atoms with Crippen molar-refractivity contribution in [2.45, 2.75) is 20.0 Å². The van der Waals surface area contributed by atoms with Gasteiger partial charge in [0.15, 0.2) is 17.6 Å². The average Bonchev–Trinajstić information content (AvgIpc) is 2.68. The van der Waals surface area contributed by atoms with Gasteiger partial charge in [-0.1, -0.05) is 17.7 Å². The number of amides is 1. The molecular weight excluding hydrogens is 386 g/mol. The van der Waals surface area contributed by atoms with E-state index in [0.29, 0.717) is 36.1 Å². The summed E-state index contributed by atoms with van der Waals surface area (Å²) in [5.74, 6) is 0.0869. The summed E-state index contributed by atoms with van der Waals surface area (Å²) < 4.78 is 21.4. The Labute approximate surface area is 167 Å². The quantitative estimate of drug-likeness (QED) is 0.765. The lowest BCUT2D eigenvalue weighted by Crippen LogP contribution is -2.30. The molecule has 2 aromatic carbocycles. The van der Waals surface area contributed by atoms with E-state index in [1.54, 1.807) is 12.1 Å². The van der Waals surface area contributed by atoms with Crippen molar-refractivity contribution in [1.29, 1.82) is 0 Å². The number of hydrogen-bond acceptors (Lipinski definition) is 6. The smallest absolute Gasteiger partial charge is 0.339 e. The summed E-state index contributed by atoms with van der Waals surface area (Å²) in [7, 11) is 1.51. The second-order valence-electron chi connectivity index (χ2n) is 6.22. The van der Waals surface area contributed by atoms with Crippen LogP contribution in [0.25, 0.3) is 0 Å². The maximum absolute atomic E-state index is 12.4. The number of hydrogen-bond donors (Lipinski definition) is 1. The number of aryl methyl sites for hydroxylation is 1. The molecule has 0 aromatic heterocycles. The number of ether oxygens (including phenoxy) is 4. The standard InChI is InChI=1S/C20H20ClNO6/c1-11-4-5-16(25-3)15(8-11)22-19(23)12(2)28-20(24)13-9-14(21)18-17(10-13)26-6-7-27-18/h4-5,8-10,12H,6-7H2,1-3H3,(H,22,23)/t12-/m0/s1. The monoisotopic (exact) mass is 405 g/mol. The number of carbonyl (C=O) groups excluding carboxylic acids is 2. The molecular formula is C20H20ClNO6. The minimum absolute atomic E-state index is 0.169. The van der Waals surface area contributed by atoms with Gasteiger partial charge in [0.05, 0.1) is 23.4 Å². The SMILES string of the molecule is COc1ccc(C)cc1NC(=O)[C@H](C)OC(=O)c1cc(Cl)c2c(c1)OCCO2. The van der Waals surface area contributed by atoms with E-state index < -0.39 is 18.0 Å². The Morgan fingerprint density at radius 1 is 1.18 bits per heavy atom.